The first-order chi connectivity index (χ1) is 11.9. The molecule has 0 spiro atoms. The summed E-state index contributed by atoms with van der Waals surface area (Å²) >= 11 is 0. The molecule has 1 heterocycles. The summed E-state index contributed by atoms with van der Waals surface area (Å²) in [6, 6.07) is 8.82. The van der Waals surface area contributed by atoms with E-state index in [0.29, 0.717) is 0 Å². The zero-order valence-corrected chi connectivity index (χ0v) is 14.2. The molecule has 25 heavy (non-hydrogen) atoms. The molecule has 9 heteroatoms. The summed E-state index contributed by atoms with van der Waals surface area (Å²) in [5.74, 6) is -0.568. The number of amides is 1. The van der Waals surface area contributed by atoms with Crippen molar-refractivity contribution in [2.75, 3.05) is 14.2 Å². The molecule has 2 aromatic rings. The third kappa shape index (κ3) is 4.19. The molecule has 1 amide bonds. The molecule has 8 nitrogen and oxygen atoms in total. The second-order valence-corrected chi connectivity index (χ2v) is 6.29. The van der Waals surface area contributed by atoms with Crippen molar-refractivity contribution < 1.29 is 27.1 Å². The third-order valence-electron chi connectivity index (χ3n) is 3.08. The van der Waals surface area contributed by atoms with Gasteiger partial charge < -0.3 is 13.9 Å². The van der Waals surface area contributed by atoms with Gasteiger partial charge in [-0.15, -0.1) is 0 Å². The van der Waals surface area contributed by atoms with E-state index >= 15 is 0 Å². The van der Waals surface area contributed by atoms with E-state index in [4.69, 9.17) is 19.2 Å². The van der Waals surface area contributed by atoms with Gasteiger partial charge in [-0.25, -0.2) is 13.1 Å². The van der Waals surface area contributed by atoms with Crippen molar-refractivity contribution in [3.8, 4) is 17.6 Å². The van der Waals surface area contributed by atoms with Crippen LogP contribution in [0.15, 0.2) is 51.5 Å². The van der Waals surface area contributed by atoms with E-state index in [1.54, 1.807) is 12.1 Å². The van der Waals surface area contributed by atoms with Crippen LogP contribution in [0.5, 0.6) is 11.5 Å². The number of sulfonamides is 1. The highest BCUT2D eigenvalue weighted by atomic mass is 32.2. The molecule has 1 aromatic heterocycles. The highest BCUT2D eigenvalue weighted by Crippen LogP contribution is 2.28. The predicted molar refractivity (Wildman–Crippen MR) is 87.2 cm³/mol. The zero-order valence-electron chi connectivity index (χ0n) is 13.3. The first-order valence-electron chi connectivity index (χ1n) is 6.85. The van der Waals surface area contributed by atoms with Gasteiger partial charge in [-0.1, -0.05) is 0 Å². The van der Waals surface area contributed by atoms with Crippen LogP contribution in [-0.2, 0) is 14.8 Å². The summed E-state index contributed by atoms with van der Waals surface area (Å²) in [6.45, 7) is 0. The topological polar surface area (TPSA) is 119 Å². The van der Waals surface area contributed by atoms with Gasteiger partial charge in [0.2, 0.25) is 0 Å². The number of ether oxygens (including phenoxy) is 2. The second kappa shape index (κ2) is 7.55. The summed E-state index contributed by atoms with van der Waals surface area (Å²) in [5, 5.41) is 9.09. The van der Waals surface area contributed by atoms with Crippen molar-refractivity contribution in [1.29, 1.82) is 5.26 Å². The van der Waals surface area contributed by atoms with Crippen molar-refractivity contribution in [2.45, 2.75) is 4.90 Å². The summed E-state index contributed by atoms with van der Waals surface area (Å²) in [7, 11) is -1.63. The van der Waals surface area contributed by atoms with E-state index in [-0.39, 0.29) is 22.2 Å². The molecule has 0 bridgehead atoms. The number of hydrogen-bond donors (Lipinski definition) is 1. The molecular weight excluding hydrogens is 348 g/mol. The highest BCUT2D eigenvalue weighted by Gasteiger charge is 2.24. The van der Waals surface area contributed by atoms with Gasteiger partial charge in [0, 0.05) is 12.1 Å². The summed E-state index contributed by atoms with van der Waals surface area (Å²) < 4.78 is 41.8. The third-order valence-corrected chi connectivity index (χ3v) is 4.43. The number of hydrogen-bond acceptors (Lipinski definition) is 7. The van der Waals surface area contributed by atoms with E-state index in [2.05, 4.69) is 0 Å². The lowest BCUT2D eigenvalue weighted by Gasteiger charge is -2.11. The fraction of sp³-hybridized carbons (Fsp3) is 0.125. The van der Waals surface area contributed by atoms with Crippen LogP contribution in [0.4, 0.5) is 0 Å². The van der Waals surface area contributed by atoms with Crippen LogP contribution in [0.3, 0.4) is 0 Å². The van der Waals surface area contributed by atoms with E-state index < -0.39 is 21.5 Å². The number of furan rings is 1. The largest absolute Gasteiger partial charge is 0.497 e. The van der Waals surface area contributed by atoms with Gasteiger partial charge in [-0.2, -0.15) is 5.26 Å². The molecule has 0 aliphatic carbocycles. The minimum Gasteiger partial charge on any atom is -0.497 e. The summed E-state index contributed by atoms with van der Waals surface area (Å²) in [4.78, 5) is 11.9. The molecule has 0 fully saturated rings. The maximum atomic E-state index is 12.5. The lowest BCUT2D eigenvalue weighted by atomic mass is 10.2. The average Bonchev–Trinajstić information content (AvgIpc) is 3.11. The molecule has 0 saturated carbocycles. The molecule has 1 N–H and O–H groups in total. The fourth-order valence-electron chi connectivity index (χ4n) is 1.89. The minimum absolute atomic E-state index is 0.0228. The lowest BCUT2D eigenvalue weighted by Crippen LogP contribution is -2.31. The zero-order chi connectivity index (χ0) is 18.4. The van der Waals surface area contributed by atoms with Gasteiger partial charge in [0.05, 0.1) is 20.5 Å². The molecule has 0 saturated heterocycles. The van der Waals surface area contributed by atoms with Crippen molar-refractivity contribution >= 4 is 22.0 Å². The summed E-state index contributed by atoms with van der Waals surface area (Å²) in [5.41, 5.74) is -0.430. The van der Waals surface area contributed by atoms with Crippen LogP contribution in [0.25, 0.3) is 6.08 Å². The Morgan fingerprint density at radius 3 is 2.60 bits per heavy atom. The van der Waals surface area contributed by atoms with Gasteiger partial charge in [-0.05, 0) is 24.3 Å². The molecule has 1 aromatic carbocycles. The summed E-state index contributed by atoms with van der Waals surface area (Å²) in [6.07, 6.45) is 2.49. The predicted octanol–water partition coefficient (Wildman–Crippen LogP) is 1.71. The number of rotatable bonds is 6. The molecule has 0 aliphatic rings. The van der Waals surface area contributed by atoms with Crippen LogP contribution in [0.1, 0.15) is 5.76 Å². The Hall–Kier alpha value is -3.25. The van der Waals surface area contributed by atoms with Crippen LogP contribution in [-0.4, -0.2) is 28.5 Å². The Labute approximate surface area is 144 Å². The van der Waals surface area contributed by atoms with E-state index in [1.807, 2.05) is 4.72 Å². The van der Waals surface area contributed by atoms with Crippen LogP contribution >= 0.6 is 0 Å². The number of methoxy groups -OCH3 is 2. The van der Waals surface area contributed by atoms with Gasteiger partial charge in [0.25, 0.3) is 15.9 Å². The monoisotopic (exact) mass is 362 g/mol. The Kier molecular flexibility index (Phi) is 5.46. The maximum Gasteiger partial charge on any atom is 0.275 e. The van der Waals surface area contributed by atoms with Gasteiger partial charge in [-0.3, -0.25) is 4.79 Å². The van der Waals surface area contributed by atoms with E-state index in [1.165, 1.54) is 44.7 Å². The lowest BCUT2D eigenvalue weighted by molar-refractivity contribution is -0.115. The van der Waals surface area contributed by atoms with Crippen molar-refractivity contribution in [2.24, 2.45) is 0 Å². The smallest absolute Gasteiger partial charge is 0.275 e. The SMILES string of the molecule is COc1ccc(OC)c(S(=O)(=O)NC(=O)/C(C#N)=C\c2ccco2)c1. The van der Waals surface area contributed by atoms with Gasteiger partial charge >= 0.3 is 0 Å². The number of carbonyl (C=O) groups is 1. The van der Waals surface area contributed by atoms with E-state index in [0.717, 1.165) is 6.08 Å². The molecule has 0 unspecified atom stereocenters. The van der Waals surface area contributed by atoms with Crippen LogP contribution in [0.2, 0.25) is 0 Å². The van der Waals surface area contributed by atoms with Gasteiger partial charge in [0.1, 0.15) is 33.8 Å². The normalized spacial score (nSPS) is 11.5. The van der Waals surface area contributed by atoms with E-state index in [9.17, 15) is 13.2 Å². The van der Waals surface area contributed by atoms with Crippen LogP contribution in [0, 0.1) is 11.3 Å². The quantitative estimate of drug-likeness (QED) is 0.614. The number of benzene rings is 1. The molecule has 0 atom stereocenters. The molecule has 0 radical (unpaired) electrons. The van der Waals surface area contributed by atoms with Crippen LogP contribution < -0.4 is 14.2 Å². The Morgan fingerprint density at radius 2 is 2.04 bits per heavy atom. The number of nitriles is 1. The van der Waals surface area contributed by atoms with Crippen molar-refractivity contribution in [3.63, 3.8) is 0 Å². The Morgan fingerprint density at radius 1 is 1.28 bits per heavy atom. The minimum atomic E-state index is -4.30. The Bertz CT molecular complexity index is 939. The number of nitrogens with zero attached hydrogens (tertiary/aromatic N) is 1. The van der Waals surface area contributed by atoms with Crippen molar-refractivity contribution in [3.05, 3.63) is 47.9 Å². The molecule has 0 aliphatic heterocycles. The van der Waals surface area contributed by atoms with Crippen molar-refractivity contribution in [1.82, 2.24) is 4.72 Å². The molecular formula is C16H14N2O6S. The highest BCUT2D eigenvalue weighted by molar-refractivity contribution is 7.90. The first-order valence-corrected chi connectivity index (χ1v) is 8.34. The second-order valence-electron chi connectivity index (χ2n) is 4.64. The fourth-order valence-corrected chi connectivity index (χ4v) is 3.04. The standard InChI is InChI=1S/C16H14N2O6S/c1-22-12-5-6-14(23-2)15(9-12)25(20,21)18-16(19)11(10-17)8-13-4-3-7-24-13/h3-9H,1-2H3,(H,18,19)/b11-8-. The average molecular weight is 362 g/mol. The molecule has 2 rings (SSSR count). The maximum absolute atomic E-state index is 12.5. The first kappa shape index (κ1) is 18.1. The number of carbonyl (C=O) groups excluding carboxylic acids is 1. The molecule has 130 valence electrons. The Balaban J connectivity index is 2.35. The van der Waals surface area contributed by atoms with Gasteiger partial charge in [0.15, 0.2) is 0 Å². The number of nitrogens with one attached hydrogen (secondary N) is 1.